The van der Waals surface area contributed by atoms with Crippen LogP contribution in [0.4, 0.5) is 11.6 Å². The number of likely N-dealkylation sites (N-methyl/N-ethyl adjacent to an activating group) is 1. The Morgan fingerprint density at radius 1 is 1.47 bits per heavy atom. The predicted octanol–water partition coefficient (Wildman–Crippen LogP) is 0.840. The van der Waals surface area contributed by atoms with Gasteiger partial charge in [-0.1, -0.05) is 0 Å². The van der Waals surface area contributed by atoms with E-state index in [0.29, 0.717) is 18.2 Å². The summed E-state index contributed by atoms with van der Waals surface area (Å²) in [6.45, 7) is 6.03. The molecule has 84 valence electrons. The monoisotopic (exact) mass is 210 g/mol. The van der Waals surface area contributed by atoms with Crippen LogP contribution in [0.25, 0.3) is 0 Å². The van der Waals surface area contributed by atoms with E-state index >= 15 is 0 Å². The molecule has 0 unspecified atom stereocenters. The quantitative estimate of drug-likeness (QED) is 0.730. The molecule has 0 spiro atoms. The summed E-state index contributed by atoms with van der Waals surface area (Å²) in [4.78, 5) is 10.3. The molecule has 0 aliphatic rings. The van der Waals surface area contributed by atoms with Crippen LogP contribution < -0.4 is 10.6 Å². The lowest BCUT2D eigenvalue weighted by atomic mass is 10.4. The number of anilines is 2. The van der Waals surface area contributed by atoms with Crippen LogP contribution in [0.5, 0.6) is 0 Å². The highest BCUT2D eigenvalue weighted by atomic mass is 16.5. The molecule has 0 atom stereocenters. The highest BCUT2D eigenvalue weighted by molar-refractivity contribution is 5.46. The van der Waals surface area contributed by atoms with Gasteiger partial charge in [0.1, 0.15) is 17.5 Å². The van der Waals surface area contributed by atoms with Gasteiger partial charge in [-0.15, -0.1) is 0 Å². The van der Waals surface area contributed by atoms with E-state index in [1.807, 2.05) is 25.8 Å². The third kappa shape index (κ3) is 3.71. The van der Waals surface area contributed by atoms with Crippen molar-refractivity contribution in [3.63, 3.8) is 0 Å². The summed E-state index contributed by atoms with van der Waals surface area (Å²) in [7, 11) is 1.96. The Kier molecular flexibility index (Phi) is 4.30. The maximum absolute atomic E-state index is 5.64. The Morgan fingerprint density at radius 3 is 2.80 bits per heavy atom. The second-order valence-corrected chi connectivity index (χ2v) is 3.32. The number of rotatable bonds is 5. The first-order chi connectivity index (χ1) is 7.13. The minimum Gasteiger partial charge on any atom is -0.384 e. The summed E-state index contributed by atoms with van der Waals surface area (Å²) in [6.07, 6.45) is 0. The summed E-state index contributed by atoms with van der Waals surface area (Å²) in [5, 5.41) is 0. The van der Waals surface area contributed by atoms with Gasteiger partial charge in [0.05, 0.1) is 6.61 Å². The van der Waals surface area contributed by atoms with E-state index in [2.05, 4.69) is 9.97 Å². The molecule has 0 fully saturated rings. The van der Waals surface area contributed by atoms with E-state index in [1.165, 1.54) is 0 Å². The van der Waals surface area contributed by atoms with Gasteiger partial charge in [-0.2, -0.15) is 0 Å². The van der Waals surface area contributed by atoms with E-state index in [-0.39, 0.29) is 0 Å². The number of ether oxygens (including phenoxy) is 1. The van der Waals surface area contributed by atoms with Crippen LogP contribution >= 0.6 is 0 Å². The Balaban J connectivity index is 2.60. The Labute approximate surface area is 90.3 Å². The zero-order valence-electron chi connectivity index (χ0n) is 9.53. The van der Waals surface area contributed by atoms with Gasteiger partial charge in [0.15, 0.2) is 0 Å². The molecule has 2 N–H and O–H groups in total. The molecule has 0 aromatic carbocycles. The van der Waals surface area contributed by atoms with Crippen molar-refractivity contribution in [3.05, 3.63) is 11.9 Å². The first-order valence-electron chi connectivity index (χ1n) is 5.03. The first-order valence-corrected chi connectivity index (χ1v) is 5.03. The Bertz CT molecular complexity index is 296. The summed E-state index contributed by atoms with van der Waals surface area (Å²) >= 11 is 0. The lowest BCUT2D eigenvalue weighted by molar-refractivity contribution is 0.154. The zero-order valence-corrected chi connectivity index (χ0v) is 9.53. The van der Waals surface area contributed by atoms with Crippen LogP contribution in [-0.4, -0.2) is 36.8 Å². The van der Waals surface area contributed by atoms with Crippen molar-refractivity contribution in [1.82, 2.24) is 9.97 Å². The van der Waals surface area contributed by atoms with Crippen LogP contribution in [0, 0.1) is 6.92 Å². The summed E-state index contributed by atoms with van der Waals surface area (Å²) < 4.78 is 5.27. The van der Waals surface area contributed by atoms with Gasteiger partial charge in [0.25, 0.3) is 0 Å². The standard InChI is InChI=1S/C10H18N4O/c1-4-15-6-5-14(3)10-7-9(11)12-8(2)13-10/h7H,4-6H2,1-3H3,(H2,11,12,13). The molecule has 0 aliphatic carbocycles. The highest BCUT2D eigenvalue weighted by Crippen LogP contribution is 2.11. The molecular weight excluding hydrogens is 192 g/mol. The van der Waals surface area contributed by atoms with Crippen molar-refractivity contribution in [1.29, 1.82) is 0 Å². The molecule has 0 saturated heterocycles. The Morgan fingerprint density at radius 2 is 2.20 bits per heavy atom. The molecule has 0 bridgehead atoms. The van der Waals surface area contributed by atoms with Crippen molar-refractivity contribution in [2.24, 2.45) is 0 Å². The molecule has 0 saturated carbocycles. The number of nitrogens with two attached hydrogens (primary N) is 1. The molecule has 0 radical (unpaired) electrons. The minimum absolute atomic E-state index is 0.501. The van der Waals surface area contributed by atoms with Gasteiger partial charge in [-0.3, -0.25) is 0 Å². The average molecular weight is 210 g/mol. The topological polar surface area (TPSA) is 64.3 Å². The number of nitrogen functional groups attached to an aromatic ring is 1. The number of aryl methyl sites for hydroxylation is 1. The summed E-state index contributed by atoms with van der Waals surface area (Å²) in [5.74, 6) is 2.02. The normalized spacial score (nSPS) is 10.3. The van der Waals surface area contributed by atoms with Gasteiger partial charge >= 0.3 is 0 Å². The molecule has 0 amide bonds. The van der Waals surface area contributed by atoms with Crippen molar-refractivity contribution in [3.8, 4) is 0 Å². The average Bonchev–Trinajstić information content (AvgIpc) is 2.16. The lowest BCUT2D eigenvalue weighted by Crippen LogP contribution is -2.24. The molecule has 1 heterocycles. The SMILES string of the molecule is CCOCCN(C)c1cc(N)nc(C)n1. The zero-order chi connectivity index (χ0) is 11.3. The van der Waals surface area contributed by atoms with Gasteiger partial charge in [0, 0.05) is 26.3 Å². The lowest BCUT2D eigenvalue weighted by Gasteiger charge is -2.18. The molecule has 1 rings (SSSR count). The maximum Gasteiger partial charge on any atom is 0.134 e. The molecule has 15 heavy (non-hydrogen) atoms. The number of nitrogens with zero attached hydrogens (tertiary/aromatic N) is 3. The van der Waals surface area contributed by atoms with Gasteiger partial charge in [0.2, 0.25) is 0 Å². The minimum atomic E-state index is 0.501. The third-order valence-electron chi connectivity index (χ3n) is 2.01. The van der Waals surface area contributed by atoms with Crippen LogP contribution in [0.1, 0.15) is 12.7 Å². The van der Waals surface area contributed by atoms with E-state index < -0.39 is 0 Å². The first kappa shape index (κ1) is 11.7. The fraction of sp³-hybridized carbons (Fsp3) is 0.600. The number of hydrogen-bond donors (Lipinski definition) is 1. The molecular formula is C10H18N4O. The molecule has 1 aromatic heterocycles. The van der Waals surface area contributed by atoms with Crippen LogP contribution in [-0.2, 0) is 4.74 Å². The van der Waals surface area contributed by atoms with Crippen LogP contribution in [0.15, 0.2) is 6.07 Å². The highest BCUT2D eigenvalue weighted by Gasteiger charge is 2.04. The largest absolute Gasteiger partial charge is 0.384 e. The fourth-order valence-electron chi connectivity index (χ4n) is 1.23. The van der Waals surface area contributed by atoms with Crippen LogP contribution in [0.2, 0.25) is 0 Å². The van der Waals surface area contributed by atoms with Crippen molar-refractivity contribution in [2.75, 3.05) is 37.4 Å². The van der Waals surface area contributed by atoms with E-state index in [0.717, 1.165) is 19.0 Å². The number of aromatic nitrogens is 2. The summed E-state index contributed by atoms with van der Waals surface area (Å²) in [5.41, 5.74) is 5.64. The Hall–Kier alpha value is -1.36. The van der Waals surface area contributed by atoms with E-state index in [4.69, 9.17) is 10.5 Å². The predicted molar refractivity (Wildman–Crippen MR) is 60.9 cm³/mol. The molecule has 0 aliphatic heterocycles. The van der Waals surface area contributed by atoms with E-state index in [9.17, 15) is 0 Å². The third-order valence-corrected chi connectivity index (χ3v) is 2.01. The smallest absolute Gasteiger partial charge is 0.134 e. The van der Waals surface area contributed by atoms with E-state index in [1.54, 1.807) is 6.07 Å². The van der Waals surface area contributed by atoms with Gasteiger partial charge < -0.3 is 15.4 Å². The summed E-state index contributed by atoms with van der Waals surface area (Å²) in [6, 6.07) is 1.76. The fourth-order valence-corrected chi connectivity index (χ4v) is 1.23. The van der Waals surface area contributed by atoms with Crippen molar-refractivity contribution in [2.45, 2.75) is 13.8 Å². The van der Waals surface area contributed by atoms with Gasteiger partial charge in [-0.25, -0.2) is 9.97 Å². The second kappa shape index (κ2) is 5.50. The molecule has 5 heteroatoms. The van der Waals surface area contributed by atoms with Crippen molar-refractivity contribution >= 4 is 11.6 Å². The van der Waals surface area contributed by atoms with Gasteiger partial charge in [-0.05, 0) is 13.8 Å². The van der Waals surface area contributed by atoms with Crippen LogP contribution in [0.3, 0.4) is 0 Å². The molecule has 5 nitrogen and oxygen atoms in total. The molecule has 1 aromatic rings. The number of hydrogen-bond acceptors (Lipinski definition) is 5. The maximum atomic E-state index is 5.64. The van der Waals surface area contributed by atoms with Crippen molar-refractivity contribution < 1.29 is 4.74 Å². The second-order valence-electron chi connectivity index (χ2n) is 3.32.